The average Bonchev–Trinajstić information content (AvgIpc) is 2.49. The van der Waals surface area contributed by atoms with E-state index in [-0.39, 0.29) is 5.69 Å². The van der Waals surface area contributed by atoms with Crippen molar-refractivity contribution in [3.8, 4) is 11.3 Å². The number of halogens is 1. The summed E-state index contributed by atoms with van der Waals surface area (Å²) in [6.45, 7) is 3.45. The van der Waals surface area contributed by atoms with Gasteiger partial charge in [-0.3, -0.25) is 14.8 Å². The Kier molecular flexibility index (Phi) is 3.29. The van der Waals surface area contributed by atoms with Gasteiger partial charge >= 0.3 is 0 Å². The zero-order valence-electron chi connectivity index (χ0n) is 12.0. The molecule has 0 unspecified atom stereocenters. The van der Waals surface area contributed by atoms with Crippen molar-refractivity contribution in [1.82, 2.24) is 15.0 Å². The van der Waals surface area contributed by atoms with Crippen LogP contribution in [0.25, 0.3) is 22.0 Å². The fourth-order valence-corrected chi connectivity index (χ4v) is 2.37. The minimum absolute atomic E-state index is 0.117. The Labute approximate surface area is 126 Å². The van der Waals surface area contributed by atoms with E-state index in [0.29, 0.717) is 27.9 Å². The number of hydrogen-bond acceptors (Lipinski definition) is 4. The molecule has 0 spiro atoms. The van der Waals surface area contributed by atoms with Crippen molar-refractivity contribution in [1.29, 1.82) is 0 Å². The van der Waals surface area contributed by atoms with Gasteiger partial charge in [0, 0.05) is 28.2 Å². The number of fused-ring (bicyclic) bond motifs is 1. The molecule has 3 aromatic rings. The predicted molar refractivity (Wildman–Crippen MR) is 79.6 cm³/mol. The van der Waals surface area contributed by atoms with Gasteiger partial charge in [0.2, 0.25) is 0 Å². The van der Waals surface area contributed by atoms with Crippen molar-refractivity contribution in [2.75, 3.05) is 0 Å². The Balaban J connectivity index is 2.35. The molecule has 1 radical (unpaired) electrons. The fraction of sp³-hybridized carbons (Fsp3) is 0.125. The lowest BCUT2D eigenvalue weighted by atomic mass is 10.0. The van der Waals surface area contributed by atoms with Crippen LogP contribution in [0.3, 0.4) is 0 Å². The van der Waals surface area contributed by atoms with E-state index < -0.39 is 11.7 Å². The van der Waals surface area contributed by atoms with E-state index in [2.05, 4.69) is 21.1 Å². The molecule has 0 aliphatic heterocycles. The van der Waals surface area contributed by atoms with Crippen molar-refractivity contribution in [3.63, 3.8) is 0 Å². The second kappa shape index (κ2) is 5.14. The number of primary amides is 1. The first-order valence-electron chi connectivity index (χ1n) is 6.57. The average molecular weight is 295 g/mol. The summed E-state index contributed by atoms with van der Waals surface area (Å²) in [7, 11) is 0. The maximum atomic E-state index is 13.7. The third-order valence-electron chi connectivity index (χ3n) is 3.55. The molecule has 5 nitrogen and oxygen atoms in total. The van der Waals surface area contributed by atoms with Crippen LogP contribution in [0.15, 0.2) is 24.5 Å². The summed E-state index contributed by atoms with van der Waals surface area (Å²) in [5.74, 6) is -1.06. The number of hydrogen-bond donors (Lipinski definition) is 1. The quantitative estimate of drug-likeness (QED) is 0.786. The molecule has 0 aliphatic carbocycles. The summed E-state index contributed by atoms with van der Waals surface area (Å²) >= 11 is 0. The number of aryl methyl sites for hydroxylation is 1. The van der Waals surface area contributed by atoms with Gasteiger partial charge in [-0.05, 0) is 31.5 Å². The first kappa shape index (κ1) is 14.1. The maximum absolute atomic E-state index is 13.7. The zero-order chi connectivity index (χ0) is 15.9. The Morgan fingerprint density at radius 1 is 1.27 bits per heavy atom. The van der Waals surface area contributed by atoms with E-state index in [1.165, 1.54) is 0 Å². The third-order valence-corrected chi connectivity index (χ3v) is 3.55. The molecular weight excluding hydrogens is 283 g/mol. The summed E-state index contributed by atoms with van der Waals surface area (Å²) in [5.41, 5.74) is 7.68. The molecule has 0 saturated heterocycles. The minimum atomic E-state index is -0.646. The molecular formula is C16H12FN4O. The Bertz CT molecular complexity index is 908. The van der Waals surface area contributed by atoms with Crippen LogP contribution in [0.4, 0.5) is 4.39 Å². The largest absolute Gasteiger partial charge is 0.364 e. The van der Waals surface area contributed by atoms with Crippen LogP contribution in [0.1, 0.15) is 21.7 Å². The van der Waals surface area contributed by atoms with Crippen LogP contribution in [-0.4, -0.2) is 20.9 Å². The lowest BCUT2D eigenvalue weighted by molar-refractivity contribution is 0.0997. The van der Waals surface area contributed by atoms with Crippen molar-refractivity contribution in [3.05, 3.63) is 53.5 Å². The number of nitrogens with two attached hydrogens (primary N) is 1. The highest BCUT2D eigenvalue weighted by molar-refractivity contribution is 6.05. The number of rotatable bonds is 2. The number of pyridine rings is 3. The van der Waals surface area contributed by atoms with Gasteiger partial charge in [0.1, 0.15) is 11.5 Å². The zero-order valence-corrected chi connectivity index (χ0v) is 12.0. The van der Waals surface area contributed by atoms with Crippen LogP contribution >= 0.6 is 0 Å². The van der Waals surface area contributed by atoms with Gasteiger partial charge in [0.05, 0.1) is 18.1 Å². The van der Waals surface area contributed by atoms with Crippen LogP contribution in [0.5, 0.6) is 0 Å². The summed E-state index contributed by atoms with van der Waals surface area (Å²) < 4.78 is 13.7. The summed E-state index contributed by atoms with van der Waals surface area (Å²) in [5, 5.41) is 1.30. The van der Waals surface area contributed by atoms with E-state index >= 15 is 0 Å². The molecule has 0 fully saturated rings. The van der Waals surface area contributed by atoms with E-state index in [4.69, 9.17) is 5.73 Å². The smallest absolute Gasteiger partial charge is 0.267 e. The van der Waals surface area contributed by atoms with E-state index in [1.54, 1.807) is 32.2 Å². The van der Waals surface area contributed by atoms with Crippen LogP contribution in [0, 0.1) is 25.9 Å². The maximum Gasteiger partial charge on any atom is 0.267 e. The summed E-state index contributed by atoms with van der Waals surface area (Å²) in [6, 6.07) is 3.32. The molecule has 0 aliphatic rings. The number of carbonyl (C=O) groups excluding carboxylic acids is 1. The van der Waals surface area contributed by atoms with E-state index in [9.17, 15) is 9.18 Å². The van der Waals surface area contributed by atoms with Gasteiger partial charge in [-0.15, -0.1) is 0 Å². The monoisotopic (exact) mass is 295 g/mol. The molecule has 3 aromatic heterocycles. The van der Waals surface area contributed by atoms with Gasteiger partial charge in [0.25, 0.3) is 5.91 Å². The summed E-state index contributed by atoms with van der Waals surface area (Å²) in [4.78, 5) is 23.8. The molecule has 0 saturated carbocycles. The van der Waals surface area contributed by atoms with Crippen molar-refractivity contribution in [2.24, 2.45) is 5.73 Å². The SMILES string of the molecule is Cc1c(F)cncc1-c1cc2c(C(N)=O)n[c]cc2c(C)n1. The molecule has 0 aromatic carbocycles. The Morgan fingerprint density at radius 2 is 2.05 bits per heavy atom. The molecule has 2 N–H and O–H groups in total. The molecule has 3 rings (SSSR count). The first-order chi connectivity index (χ1) is 10.5. The van der Waals surface area contributed by atoms with Gasteiger partial charge < -0.3 is 5.73 Å². The molecule has 3 heterocycles. The van der Waals surface area contributed by atoms with E-state index in [0.717, 1.165) is 11.6 Å². The molecule has 0 atom stereocenters. The highest BCUT2D eigenvalue weighted by Gasteiger charge is 2.14. The van der Waals surface area contributed by atoms with Gasteiger partial charge in [-0.1, -0.05) is 0 Å². The normalized spacial score (nSPS) is 10.9. The topological polar surface area (TPSA) is 81.8 Å². The number of aromatic nitrogens is 3. The van der Waals surface area contributed by atoms with Crippen LogP contribution in [-0.2, 0) is 0 Å². The molecule has 109 valence electrons. The fourth-order valence-electron chi connectivity index (χ4n) is 2.37. The van der Waals surface area contributed by atoms with Crippen LogP contribution < -0.4 is 5.73 Å². The first-order valence-corrected chi connectivity index (χ1v) is 6.57. The second-order valence-electron chi connectivity index (χ2n) is 4.95. The van der Waals surface area contributed by atoms with Crippen molar-refractivity contribution >= 4 is 16.7 Å². The minimum Gasteiger partial charge on any atom is -0.364 e. The molecule has 22 heavy (non-hydrogen) atoms. The highest BCUT2D eigenvalue weighted by atomic mass is 19.1. The van der Waals surface area contributed by atoms with Crippen molar-refractivity contribution in [2.45, 2.75) is 13.8 Å². The van der Waals surface area contributed by atoms with Gasteiger partial charge in [-0.25, -0.2) is 9.37 Å². The van der Waals surface area contributed by atoms with Crippen molar-refractivity contribution < 1.29 is 9.18 Å². The highest BCUT2D eigenvalue weighted by Crippen LogP contribution is 2.28. The van der Waals surface area contributed by atoms with Gasteiger partial charge in [-0.2, -0.15) is 0 Å². The number of nitrogens with zero attached hydrogens (tertiary/aromatic N) is 3. The number of amides is 1. The van der Waals surface area contributed by atoms with Gasteiger partial charge in [0.15, 0.2) is 0 Å². The predicted octanol–water partition coefficient (Wildman–Crippen LogP) is 2.35. The second-order valence-corrected chi connectivity index (χ2v) is 4.95. The molecule has 1 amide bonds. The number of carbonyl (C=O) groups is 1. The standard InChI is InChI=1S/C16H12FN4O/c1-8-12(6-19-7-13(8)17)14-5-11-10(9(2)21-14)3-4-20-15(11)16(18)22/h3,5-7H,1-2H3,(H2,18,22). The molecule has 0 bridgehead atoms. The third kappa shape index (κ3) is 2.18. The summed E-state index contributed by atoms with van der Waals surface area (Å²) in [6.07, 6.45) is 5.33. The lowest BCUT2D eigenvalue weighted by Gasteiger charge is -2.10. The van der Waals surface area contributed by atoms with E-state index in [1.807, 2.05) is 0 Å². The Morgan fingerprint density at radius 3 is 2.77 bits per heavy atom. The Hall–Kier alpha value is -2.89. The van der Waals surface area contributed by atoms with Crippen LogP contribution in [0.2, 0.25) is 0 Å². The molecule has 6 heteroatoms. The lowest BCUT2D eigenvalue weighted by Crippen LogP contribution is -2.14.